The molecule has 0 saturated carbocycles. The summed E-state index contributed by atoms with van der Waals surface area (Å²) in [5.41, 5.74) is 1.58. The van der Waals surface area contributed by atoms with Crippen molar-refractivity contribution in [2.45, 2.75) is 26.5 Å². The predicted octanol–water partition coefficient (Wildman–Crippen LogP) is 4.88. The minimum Gasteiger partial charge on any atom is -0.491 e. The minimum atomic E-state index is -0.316. The van der Waals surface area contributed by atoms with Gasteiger partial charge in [0.05, 0.1) is 16.8 Å². The molecule has 1 N–H and O–H groups in total. The summed E-state index contributed by atoms with van der Waals surface area (Å²) >= 11 is 6.03. The van der Waals surface area contributed by atoms with Gasteiger partial charge in [0.25, 0.3) is 0 Å². The molecule has 2 rings (SSSR count). The fourth-order valence-corrected chi connectivity index (χ4v) is 2.03. The van der Waals surface area contributed by atoms with Crippen LogP contribution in [0.5, 0.6) is 5.75 Å². The van der Waals surface area contributed by atoms with Crippen LogP contribution in [0.15, 0.2) is 42.5 Å². The second kappa shape index (κ2) is 6.62. The number of hydrogen-bond donors (Lipinski definition) is 1. The Morgan fingerprint density at radius 3 is 2.70 bits per heavy atom. The zero-order valence-electron chi connectivity index (χ0n) is 11.5. The number of ether oxygens (including phenoxy) is 1. The van der Waals surface area contributed by atoms with Crippen LogP contribution in [0.4, 0.5) is 10.1 Å². The summed E-state index contributed by atoms with van der Waals surface area (Å²) in [5, 5.41) is 3.63. The summed E-state index contributed by atoms with van der Waals surface area (Å²) < 4.78 is 18.9. The molecule has 0 amide bonds. The molecule has 20 heavy (non-hydrogen) atoms. The third-order valence-electron chi connectivity index (χ3n) is 2.73. The van der Waals surface area contributed by atoms with Crippen LogP contribution in [-0.2, 0) is 6.54 Å². The van der Waals surface area contributed by atoms with Gasteiger partial charge < -0.3 is 10.1 Å². The van der Waals surface area contributed by atoms with Gasteiger partial charge in [-0.2, -0.15) is 0 Å². The van der Waals surface area contributed by atoms with E-state index in [4.69, 9.17) is 16.3 Å². The lowest BCUT2D eigenvalue weighted by atomic mass is 10.2. The lowest BCUT2D eigenvalue weighted by molar-refractivity contribution is 0.240. The van der Waals surface area contributed by atoms with Gasteiger partial charge in [0, 0.05) is 12.1 Å². The van der Waals surface area contributed by atoms with E-state index in [0.717, 1.165) is 11.3 Å². The normalized spacial score (nSPS) is 10.7. The van der Waals surface area contributed by atoms with E-state index in [1.165, 1.54) is 18.2 Å². The van der Waals surface area contributed by atoms with E-state index in [1.807, 2.05) is 38.1 Å². The van der Waals surface area contributed by atoms with Crippen LogP contribution in [0.1, 0.15) is 19.4 Å². The van der Waals surface area contributed by atoms with E-state index in [2.05, 4.69) is 5.32 Å². The fraction of sp³-hybridized carbons (Fsp3) is 0.250. The lowest BCUT2D eigenvalue weighted by Crippen LogP contribution is -2.09. The Bertz CT molecular complexity index is 586. The summed E-state index contributed by atoms with van der Waals surface area (Å²) in [6.07, 6.45) is 0.105. The number of hydrogen-bond acceptors (Lipinski definition) is 2. The number of nitrogens with one attached hydrogen (secondary N) is 1. The molecule has 0 aliphatic heterocycles. The van der Waals surface area contributed by atoms with Gasteiger partial charge in [0.15, 0.2) is 0 Å². The number of benzene rings is 2. The van der Waals surface area contributed by atoms with Crippen LogP contribution in [0, 0.1) is 5.82 Å². The summed E-state index contributed by atoms with van der Waals surface area (Å²) in [6, 6.07) is 12.0. The maximum absolute atomic E-state index is 13.2. The van der Waals surface area contributed by atoms with Crippen molar-refractivity contribution in [3.05, 3.63) is 58.9 Å². The molecule has 0 radical (unpaired) electrons. The average Bonchev–Trinajstić information content (AvgIpc) is 2.41. The Labute approximate surface area is 123 Å². The van der Waals surface area contributed by atoms with Gasteiger partial charge in [-0.1, -0.05) is 29.8 Å². The Hall–Kier alpha value is -1.74. The zero-order valence-corrected chi connectivity index (χ0v) is 12.2. The van der Waals surface area contributed by atoms with Crippen molar-refractivity contribution in [1.29, 1.82) is 0 Å². The molecule has 0 aliphatic carbocycles. The predicted molar refractivity (Wildman–Crippen MR) is 80.9 cm³/mol. The van der Waals surface area contributed by atoms with Gasteiger partial charge >= 0.3 is 0 Å². The van der Waals surface area contributed by atoms with Gasteiger partial charge in [-0.25, -0.2) is 4.39 Å². The molecular weight excluding hydrogens is 277 g/mol. The van der Waals surface area contributed by atoms with E-state index in [1.54, 1.807) is 0 Å². The number of para-hydroxylation sites is 1. The zero-order chi connectivity index (χ0) is 14.5. The first kappa shape index (κ1) is 14.7. The van der Waals surface area contributed by atoms with Gasteiger partial charge in [0.1, 0.15) is 11.6 Å². The average molecular weight is 294 g/mol. The van der Waals surface area contributed by atoms with Crippen molar-refractivity contribution >= 4 is 17.3 Å². The van der Waals surface area contributed by atoms with E-state index in [0.29, 0.717) is 17.3 Å². The molecule has 0 unspecified atom stereocenters. The molecule has 2 nitrogen and oxygen atoms in total. The van der Waals surface area contributed by atoms with Gasteiger partial charge in [-0.3, -0.25) is 0 Å². The third-order valence-corrected chi connectivity index (χ3v) is 3.06. The molecule has 106 valence electrons. The van der Waals surface area contributed by atoms with Gasteiger partial charge in [-0.15, -0.1) is 0 Å². The Morgan fingerprint density at radius 1 is 1.20 bits per heavy atom. The molecule has 0 spiro atoms. The van der Waals surface area contributed by atoms with Crippen LogP contribution in [-0.4, -0.2) is 6.10 Å². The lowest BCUT2D eigenvalue weighted by Gasteiger charge is -2.15. The molecule has 0 fully saturated rings. The fourth-order valence-electron chi connectivity index (χ4n) is 1.84. The molecule has 0 aliphatic rings. The SMILES string of the molecule is CC(C)Oc1ccccc1CNc1cc(F)ccc1Cl. The second-order valence-electron chi connectivity index (χ2n) is 4.75. The highest BCUT2D eigenvalue weighted by Crippen LogP contribution is 2.25. The molecule has 0 atom stereocenters. The van der Waals surface area contributed by atoms with Crippen molar-refractivity contribution in [1.82, 2.24) is 0 Å². The molecule has 0 bridgehead atoms. The van der Waals surface area contributed by atoms with Crippen molar-refractivity contribution in [3.8, 4) is 5.75 Å². The molecule has 2 aromatic carbocycles. The monoisotopic (exact) mass is 293 g/mol. The maximum Gasteiger partial charge on any atom is 0.125 e. The first-order valence-corrected chi connectivity index (χ1v) is 6.87. The second-order valence-corrected chi connectivity index (χ2v) is 5.16. The summed E-state index contributed by atoms with van der Waals surface area (Å²) in [7, 11) is 0. The first-order valence-electron chi connectivity index (χ1n) is 6.49. The minimum absolute atomic E-state index is 0.105. The molecule has 0 aromatic heterocycles. The number of anilines is 1. The standard InChI is InChI=1S/C16H17ClFNO/c1-11(2)20-16-6-4-3-5-12(16)10-19-15-9-13(18)7-8-14(15)17/h3-9,11,19H,10H2,1-2H3. The highest BCUT2D eigenvalue weighted by Gasteiger charge is 2.06. The maximum atomic E-state index is 13.2. The van der Waals surface area contributed by atoms with E-state index in [-0.39, 0.29) is 11.9 Å². The summed E-state index contributed by atoms with van der Waals surface area (Å²) in [4.78, 5) is 0. The summed E-state index contributed by atoms with van der Waals surface area (Å²) in [6.45, 7) is 4.48. The number of rotatable bonds is 5. The van der Waals surface area contributed by atoms with Gasteiger partial charge in [0.2, 0.25) is 0 Å². The van der Waals surface area contributed by atoms with E-state index >= 15 is 0 Å². The van der Waals surface area contributed by atoms with Crippen LogP contribution in [0.3, 0.4) is 0 Å². The topological polar surface area (TPSA) is 21.3 Å². The molecule has 0 heterocycles. The van der Waals surface area contributed by atoms with Crippen LogP contribution < -0.4 is 10.1 Å². The molecule has 4 heteroatoms. The highest BCUT2D eigenvalue weighted by molar-refractivity contribution is 6.33. The van der Waals surface area contributed by atoms with Gasteiger partial charge in [-0.05, 0) is 38.1 Å². The Kier molecular flexibility index (Phi) is 4.85. The van der Waals surface area contributed by atoms with Crippen LogP contribution >= 0.6 is 11.6 Å². The van der Waals surface area contributed by atoms with Crippen LogP contribution in [0.25, 0.3) is 0 Å². The largest absolute Gasteiger partial charge is 0.491 e. The van der Waals surface area contributed by atoms with Crippen molar-refractivity contribution in [2.75, 3.05) is 5.32 Å². The Morgan fingerprint density at radius 2 is 1.95 bits per heavy atom. The molecule has 0 saturated heterocycles. The quantitative estimate of drug-likeness (QED) is 0.848. The highest BCUT2D eigenvalue weighted by atomic mass is 35.5. The van der Waals surface area contributed by atoms with Crippen molar-refractivity contribution < 1.29 is 9.13 Å². The van der Waals surface area contributed by atoms with Crippen molar-refractivity contribution in [2.24, 2.45) is 0 Å². The third kappa shape index (κ3) is 3.87. The van der Waals surface area contributed by atoms with E-state index < -0.39 is 0 Å². The van der Waals surface area contributed by atoms with E-state index in [9.17, 15) is 4.39 Å². The molecular formula is C16H17ClFNO. The van der Waals surface area contributed by atoms with Crippen molar-refractivity contribution in [3.63, 3.8) is 0 Å². The number of halogens is 2. The Balaban J connectivity index is 2.12. The smallest absolute Gasteiger partial charge is 0.125 e. The molecule has 2 aromatic rings. The first-order chi connectivity index (χ1) is 9.56. The summed E-state index contributed by atoms with van der Waals surface area (Å²) in [5.74, 6) is 0.506. The van der Waals surface area contributed by atoms with Crippen LogP contribution in [0.2, 0.25) is 5.02 Å².